The molecule has 0 saturated carbocycles. The summed E-state index contributed by atoms with van der Waals surface area (Å²) in [5, 5.41) is 5.62. The zero-order valence-electron chi connectivity index (χ0n) is 15.4. The number of hydrogen-bond donors (Lipinski definition) is 0. The van der Waals surface area contributed by atoms with Crippen LogP contribution in [-0.4, -0.2) is 52.8 Å². The van der Waals surface area contributed by atoms with Crippen LogP contribution in [0, 0.1) is 6.92 Å². The summed E-state index contributed by atoms with van der Waals surface area (Å²) in [6.45, 7) is 3.42. The fourth-order valence-electron chi connectivity index (χ4n) is 2.70. The zero-order chi connectivity index (χ0) is 18.8. The lowest BCUT2D eigenvalue weighted by Gasteiger charge is -2.20. The smallest absolute Gasteiger partial charge is 0.280 e. The van der Waals surface area contributed by atoms with Crippen molar-refractivity contribution in [2.45, 2.75) is 13.3 Å². The highest BCUT2D eigenvalue weighted by molar-refractivity contribution is 7.22. The molecule has 0 unspecified atom stereocenters. The van der Waals surface area contributed by atoms with Gasteiger partial charge in [-0.15, -0.1) is 0 Å². The Kier molecular flexibility index (Phi) is 5.60. The number of carbonyl (C=O) groups is 1. The molecule has 1 amide bonds. The highest BCUT2D eigenvalue weighted by atomic mass is 35.5. The second-order valence-corrected chi connectivity index (χ2v) is 7.92. The van der Waals surface area contributed by atoms with Gasteiger partial charge in [0.15, 0.2) is 10.8 Å². The minimum atomic E-state index is -0.132. The van der Waals surface area contributed by atoms with E-state index in [0.717, 1.165) is 28.7 Å². The van der Waals surface area contributed by atoms with Gasteiger partial charge in [0.25, 0.3) is 5.91 Å². The van der Waals surface area contributed by atoms with Gasteiger partial charge < -0.3 is 4.90 Å². The van der Waals surface area contributed by atoms with Crippen molar-refractivity contribution in [3.8, 4) is 0 Å². The number of rotatable bonds is 6. The molecule has 2 heterocycles. The van der Waals surface area contributed by atoms with Crippen LogP contribution < -0.4 is 4.90 Å². The maximum Gasteiger partial charge on any atom is 0.280 e. The molecule has 8 heteroatoms. The third kappa shape index (κ3) is 3.90. The topological polar surface area (TPSA) is 54.3 Å². The van der Waals surface area contributed by atoms with E-state index in [1.807, 2.05) is 33.2 Å². The third-order valence-electron chi connectivity index (χ3n) is 4.13. The average Bonchev–Trinajstić information content (AvgIpc) is 3.21. The first-order valence-corrected chi connectivity index (χ1v) is 9.58. The summed E-state index contributed by atoms with van der Waals surface area (Å²) in [7, 11) is 5.85. The van der Waals surface area contributed by atoms with Crippen molar-refractivity contribution in [1.82, 2.24) is 19.7 Å². The molecule has 2 aromatic heterocycles. The number of amides is 1. The summed E-state index contributed by atoms with van der Waals surface area (Å²) in [5.74, 6) is -0.132. The summed E-state index contributed by atoms with van der Waals surface area (Å²) in [6.07, 6.45) is 2.62. The number of aromatic nitrogens is 3. The van der Waals surface area contributed by atoms with Crippen LogP contribution in [0.3, 0.4) is 0 Å². The van der Waals surface area contributed by atoms with Crippen molar-refractivity contribution >= 4 is 44.2 Å². The largest absolute Gasteiger partial charge is 0.309 e. The molecule has 1 aromatic carbocycles. The van der Waals surface area contributed by atoms with Crippen molar-refractivity contribution in [3.05, 3.63) is 40.7 Å². The highest BCUT2D eigenvalue weighted by Crippen LogP contribution is 2.34. The third-order valence-corrected chi connectivity index (χ3v) is 5.59. The fraction of sp³-hybridized carbons (Fsp3) is 0.389. The molecule has 0 aliphatic heterocycles. The quantitative estimate of drug-likeness (QED) is 0.644. The molecule has 6 nitrogen and oxygen atoms in total. The van der Waals surface area contributed by atoms with Crippen LogP contribution in [0.2, 0.25) is 5.02 Å². The van der Waals surface area contributed by atoms with Gasteiger partial charge in [-0.3, -0.25) is 14.4 Å². The Labute approximate surface area is 162 Å². The Morgan fingerprint density at radius 2 is 2.04 bits per heavy atom. The van der Waals surface area contributed by atoms with Crippen LogP contribution in [0.1, 0.15) is 22.5 Å². The van der Waals surface area contributed by atoms with Gasteiger partial charge in [-0.2, -0.15) is 5.10 Å². The van der Waals surface area contributed by atoms with Gasteiger partial charge in [0.1, 0.15) is 0 Å². The molecule has 0 aliphatic carbocycles. The minimum Gasteiger partial charge on any atom is -0.309 e. The summed E-state index contributed by atoms with van der Waals surface area (Å²) in [6, 6.07) is 5.56. The van der Waals surface area contributed by atoms with Crippen LogP contribution in [0.5, 0.6) is 0 Å². The minimum absolute atomic E-state index is 0.132. The van der Waals surface area contributed by atoms with E-state index in [0.29, 0.717) is 22.4 Å². The summed E-state index contributed by atoms with van der Waals surface area (Å²) in [5.41, 5.74) is 2.21. The second kappa shape index (κ2) is 7.73. The molecule has 0 fully saturated rings. The molecule has 0 aliphatic rings. The van der Waals surface area contributed by atoms with E-state index < -0.39 is 0 Å². The molecule has 26 heavy (non-hydrogen) atoms. The monoisotopic (exact) mass is 391 g/mol. The SMILES string of the molecule is Cc1c(Cl)ccc2sc(N(CCCN(C)C)C(=O)c3ccn(C)n3)nc12. The maximum atomic E-state index is 13.0. The Balaban J connectivity index is 1.96. The van der Waals surface area contributed by atoms with Crippen LogP contribution in [0.4, 0.5) is 5.13 Å². The normalized spacial score (nSPS) is 11.5. The van der Waals surface area contributed by atoms with Crippen LogP contribution in [0.25, 0.3) is 10.2 Å². The van der Waals surface area contributed by atoms with E-state index in [1.165, 1.54) is 11.3 Å². The summed E-state index contributed by atoms with van der Waals surface area (Å²) >= 11 is 7.73. The van der Waals surface area contributed by atoms with Crippen LogP contribution in [0.15, 0.2) is 24.4 Å². The number of fused-ring (bicyclic) bond motifs is 1. The van der Waals surface area contributed by atoms with Gasteiger partial charge >= 0.3 is 0 Å². The molecule has 0 spiro atoms. The second-order valence-electron chi connectivity index (χ2n) is 6.50. The lowest BCUT2D eigenvalue weighted by molar-refractivity contribution is 0.0980. The number of thiazole rings is 1. The van der Waals surface area contributed by atoms with E-state index in [2.05, 4.69) is 10.00 Å². The molecular formula is C18H22ClN5OS. The molecule has 0 bridgehead atoms. The maximum absolute atomic E-state index is 13.0. The number of hydrogen-bond acceptors (Lipinski definition) is 5. The van der Waals surface area contributed by atoms with E-state index in [-0.39, 0.29) is 5.91 Å². The van der Waals surface area contributed by atoms with Crippen LogP contribution in [-0.2, 0) is 7.05 Å². The lowest BCUT2D eigenvalue weighted by atomic mass is 10.2. The Morgan fingerprint density at radius 3 is 2.69 bits per heavy atom. The molecule has 3 rings (SSSR count). The van der Waals surface area contributed by atoms with Crippen molar-refractivity contribution in [2.75, 3.05) is 32.1 Å². The molecule has 0 saturated heterocycles. The number of carbonyl (C=O) groups excluding carboxylic acids is 1. The summed E-state index contributed by atoms with van der Waals surface area (Å²) in [4.78, 5) is 21.6. The Hall–Kier alpha value is -1.96. The molecule has 138 valence electrons. The predicted molar refractivity (Wildman–Crippen MR) is 107 cm³/mol. The fourth-order valence-corrected chi connectivity index (χ4v) is 3.90. The molecule has 0 radical (unpaired) electrons. The van der Waals surface area contributed by atoms with Gasteiger partial charge in [-0.05, 0) is 57.7 Å². The number of aryl methyl sites for hydroxylation is 2. The van der Waals surface area contributed by atoms with Crippen LogP contribution >= 0.6 is 22.9 Å². The van der Waals surface area contributed by atoms with E-state index >= 15 is 0 Å². The molecule has 0 N–H and O–H groups in total. The standard InChI is InChI=1S/C18H22ClN5OS/c1-12-13(19)6-7-15-16(12)20-18(26-15)24(10-5-9-22(2)3)17(25)14-8-11-23(4)21-14/h6-8,11H,5,9-10H2,1-4H3. The number of halogens is 1. The molecule has 0 atom stereocenters. The van der Waals surface area contributed by atoms with Gasteiger partial charge in [-0.1, -0.05) is 22.9 Å². The van der Waals surface area contributed by atoms with Crippen molar-refractivity contribution in [1.29, 1.82) is 0 Å². The Morgan fingerprint density at radius 1 is 1.27 bits per heavy atom. The van der Waals surface area contributed by atoms with Crippen molar-refractivity contribution in [2.24, 2.45) is 7.05 Å². The van der Waals surface area contributed by atoms with Gasteiger partial charge in [-0.25, -0.2) is 4.98 Å². The first kappa shape index (κ1) is 18.8. The van der Waals surface area contributed by atoms with Crippen molar-refractivity contribution < 1.29 is 4.79 Å². The molecular weight excluding hydrogens is 370 g/mol. The van der Waals surface area contributed by atoms with Crippen molar-refractivity contribution in [3.63, 3.8) is 0 Å². The number of anilines is 1. The lowest BCUT2D eigenvalue weighted by Crippen LogP contribution is -2.33. The van der Waals surface area contributed by atoms with Gasteiger partial charge in [0, 0.05) is 24.8 Å². The predicted octanol–water partition coefficient (Wildman–Crippen LogP) is 3.59. The summed E-state index contributed by atoms with van der Waals surface area (Å²) < 4.78 is 2.65. The highest BCUT2D eigenvalue weighted by Gasteiger charge is 2.23. The first-order valence-electron chi connectivity index (χ1n) is 8.38. The van der Waals surface area contributed by atoms with E-state index in [9.17, 15) is 4.79 Å². The Bertz CT molecular complexity index is 933. The number of benzene rings is 1. The first-order chi connectivity index (χ1) is 12.4. The van der Waals surface area contributed by atoms with E-state index in [1.54, 1.807) is 28.9 Å². The van der Waals surface area contributed by atoms with E-state index in [4.69, 9.17) is 16.6 Å². The number of nitrogens with zero attached hydrogens (tertiary/aromatic N) is 5. The molecule has 3 aromatic rings. The average molecular weight is 392 g/mol. The van der Waals surface area contributed by atoms with Gasteiger partial charge in [0.05, 0.1) is 10.2 Å². The zero-order valence-corrected chi connectivity index (χ0v) is 16.9. The van der Waals surface area contributed by atoms with Gasteiger partial charge in [0.2, 0.25) is 0 Å².